The van der Waals surface area contributed by atoms with E-state index in [0.29, 0.717) is 6.54 Å². The number of alkyl halides is 2. The second-order valence-corrected chi connectivity index (χ2v) is 6.90. The molecule has 0 saturated heterocycles. The Morgan fingerprint density at radius 1 is 1.15 bits per heavy atom. The van der Waals surface area contributed by atoms with E-state index in [1.165, 1.54) is 0 Å². The highest BCUT2D eigenvalue weighted by molar-refractivity contribution is 7.10. The number of carbonyl (C=O) groups is 2. The zero-order chi connectivity index (χ0) is 19.7. The standard InChI is InChI=1S/C16H18ClNO2S.C2H4ClNO/c1-11-5-4-6-12(2)16(11)18(15(19)9-17)10-14-13(20-3)7-8-21-14;3-1-2(4)5/h4-8H,9-10H2,1-3H3;1H2,(H2,4,5). The van der Waals surface area contributed by atoms with Gasteiger partial charge < -0.3 is 15.4 Å². The van der Waals surface area contributed by atoms with Gasteiger partial charge in [0.15, 0.2) is 0 Å². The molecule has 0 radical (unpaired) electrons. The van der Waals surface area contributed by atoms with Crippen LogP contribution < -0.4 is 15.4 Å². The summed E-state index contributed by atoms with van der Waals surface area (Å²) in [5.74, 6) is 0.0939. The number of amides is 2. The van der Waals surface area contributed by atoms with Crippen molar-refractivity contribution < 1.29 is 14.3 Å². The Morgan fingerprint density at radius 3 is 2.19 bits per heavy atom. The number of benzene rings is 1. The quantitative estimate of drug-likeness (QED) is 0.726. The Hall–Kier alpha value is -1.76. The summed E-state index contributed by atoms with van der Waals surface area (Å²) in [6.45, 7) is 4.48. The van der Waals surface area contributed by atoms with Crippen LogP contribution in [0.2, 0.25) is 0 Å². The summed E-state index contributed by atoms with van der Waals surface area (Å²) >= 11 is 12.2. The minimum atomic E-state index is -0.480. The van der Waals surface area contributed by atoms with Crippen molar-refractivity contribution in [2.24, 2.45) is 5.73 Å². The highest BCUT2D eigenvalue weighted by Gasteiger charge is 2.21. The van der Waals surface area contributed by atoms with Gasteiger partial charge in [-0.15, -0.1) is 34.5 Å². The molecule has 1 aromatic heterocycles. The molecule has 0 saturated carbocycles. The molecule has 0 bridgehead atoms. The molecule has 2 amide bonds. The molecule has 0 spiro atoms. The van der Waals surface area contributed by atoms with Crippen LogP contribution in [0.15, 0.2) is 29.6 Å². The van der Waals surface area contributed by atoms with E-state index >= 15 is 0 Å². The number of halogens is 2. The largest absolute Gasteiger partial charge is 0.496 e. The van der Waals surface area contributed by atoms with E-state index in [1.54, 1.807) is 23.3 Å². The number of rotatable bonds is 6. The smallest absolute Gasteiger partial charge is 0.242 e. The monoisotopic (exact) mass is 416 g/mol. The van der Waals surface area contributed by atoms with Crippen LogP contribution in [0.5, 0.6) is 5.75 Å². The van der Waals surface area contributed by atoms with E-state index in [9.17, 15) is 9.59 Å². The van der Waals surface area contributed by atoms with E-state index in [-0.39, 0.29) is 17.7 Å². The Labute approximate surface area is 167 Å². The summed E-state index contributed by atoms with van der Waals surface area (Å²) in [6.07, 6.45) is 0. The van der Waals surface area contributed by atoms with Gasteiger partial charge in [-0.2, -0.15) is 0 Å². The number of aryl methyl sites for hydroxylation is 2. The van der Waals surface area contributed by atoms with Crippen LogP contribution in [0.1, 0.15) is 16.0 Å². The first kappa shape index (κ1) is 22.3. The molecule has 0 atom stereocenters. The number of carbonyl (C=O) groups excluding carboxylic acids is 2. The molecule has 0 aliphatic rings. The number of primary amides is 1. The number of hydrogen-bond acceptors (Lipinski definition) is 4. The van der Waals surface area contributed by atoms with Gasteiger partial charge in [-0.1, -0.05) is 18.2 Å². The second kappa shape index (κ2) is 11.1. The maximum Gasteiger partial charge on any atom is 0.242 e. The molecule has 1 heterocycles. The molecule has 8 heteroatoms. The van der Waals surface area contributed by atoms with Crippen molar-refractivity contribution in [3.63, 3.8) is 0 Å². The van der Waals surface area contributed by atoms with Gasteiger partial charge in [0, 0.05) is 5.69 Å². The fraction of sp³-hybridized carbons (Fsp3) is 0.333. The summed E-state index contributed by atoms with van der Waals surface area (Å²) in [5.41, 5.74) is 7.57. The number of thiophene rings is 1. The van der Waals surface area contributed by atoms with Gasteiger partial charge in [0.1, 0.15) is 17.5 Å². The summed E-state index contributed by atoms with van der Waals surface area (Å²) in [6, 6.07) is 7.91. The maximum absolute atomic E-state index is 12.3. The molecule has 1 aromatic carbocycles. The first-order valence-corrected chi connectivity index (χ1v) is 9.67. The number of methoxy groups -OCH3 is 1. The number of nitrogens with zero attached hydrogens (tertiary/aromatic N) is 1. The lowest BCUT2D eigenvalue weighted by Crippen LogP contribution is -2.32. The third kappa shape index (κ3) is 6.20. The van der Waals surface area contributed by atoms with Gasteiger partial charge in [0.2, 0.25) is 11.8 Å². The Bertz CT molecular complexity index is 730. The van der Waals surface area contributed by atoms with Crippen LogP contribution in [-0.4, -0.2) is 30.7 Å². The minimum absolute atomic E-state index is 0.0402. The summed E-state index contributed by atoms with van der Waals surface area (Å²) < 4.78 is 5.34. The van der Waals surface area contributed by atoms with Crippen LogP contribution in [0, 0.1) is 13.8 Å². The molecule has 0 unspecified atom stereocenters. The lowest BCUT2D eigenvalue weighted by molar-refractivity contribution is -0.117. The molecule has 2 N–H and O–H groups in total. The van der Waals surface area contributed by atoms with Gasteiger partial charge in [-0.3, -0.25) is 9.59 Å². The van der Waals surface area contributed by atoms with Crippen LogP contribution in [0.4, 0.5) is 5.69 Å². The highest BCUT2D eigenvalue weighted by atomic mass is 35.5. The third-order valence-corrected chi connectivity index (χ3v) is 4.86. The Kier molecular flexibility index (Phi) is 9.48. The van der Waals surface area contributed by atoms with Crippen LogP contribution in [0.3, 0.4) is 0 Å². The predicted octanol–water partition coefficient (Wildman–Crippen LogP) is 3.86. The second-order valence-electron chi connectivity index (χ2n) is 5.37. The molecule has 2 aromatic rings. The first-order chi connectivity index (χ1) is 12.3. The van der Waals surface area contributed by atoms with E-state index in [4.69, 9.17) is 27.9 Å². The topological polar surface area (TPSA) is 72.6 Å². The van der Waals surface area contributed by atoms with Crippen molar-refractivity contribution in [1.82, 2.24) is 0 Å². The lowest BCUT2D eigenvalue weighted by atomic mass is 10.1. The number of nitrogens with two attached hydrogens (primary N) is 1. The molecule has 0 fully saturated rings. The van der Waals surface area contributed by atoms with Crippen molar-refractivity contribution >= 4 is 52.0 Å². The van der Waals surface area contributed by atoms with Crippen LogP contribution in [0.25, 0.3) is 0 Å². The Morgan fingerprint density at radius 2 is 1.73 bits per heavy atom. The first-order valence-electron chi connectivity index (χ1n) is 7.72. The van der Waals surface area contributed by atoms with Gasteiger partial charge in [-0.25, -0.2) is 0 Å². The van der Waals surface area contributed by atoms with Gasteiger partial charge in [-0.05, 0) is 36.4 Å². The van der Waals surface area contributed by atoms with E-state index < -0.39 is 5.91 Å². The van der Waals surface area contributed by atoms with E-state index in [1.807, 2.05) is 43.5 Å². The molecule has 142 valence electrons. The van der Waals surface area contributed by atoms with Crippen LogP contribution >= 0.6 is 34.5 Å². The summed E-state index contributed by atoms with van der Waals surface area (Å²) in [7, 11) is 1.64. The number of anilines is 1. The number of ether oxygens (including phenoxy) is 1. The van der Waals surface area contributed by atoms with Crippen molar-refractivity contribution in [3.05, 3.63) is 45.6 Å². The lowest BCUT2D eigenvalue weighted by Gasteiger charge is -2.25. The Balaban J connectivity index is 0.000000597. The van der Waals surface area contributed by atoms with E-state index in [2.05, 4.69) is 5.73 Å². The van der Waals surface area contributed by atoms with Gasteiger partial charge in [0.25, 0.3) is 0 Å². The summed E-state index contributed by atoms with van der Waals surface area (Å²) in [4.78, 5) is 24.5. The van der Waals surface area contributed by atoms with Crippen molar-refractivity contribution in [2.45, 2.75) is 20.4 Å². The molecular weight excluding hydrogens is 395 g/mol. The highest BCUT2D eigenvalue weighted by Crippen LogP contribution is 2.31. The number of para-hydroxylation sites is 1. The van der Waals surface area contributed by atoms with Crippen molar-refractivity contribution in [1.29, 1.82) is 0 Å². The number of hydrogen-bond donors (Lipinski definition) is 1. The predicted molar refractivity (Wildman–Crippen MR) is 109 cm³/mol. The van der Waals surface area contributed by atoms with Crippen molar-refractivity contribution in [2.75, 3.05) is 23.8 Å². The fourth-order valence-corrected chi connectivity index (χ4v) is 3.34. The van der Waals surface area contributed by atoms with E-state index in [0.717, 1.165) is 27.4 Å². The van der Waals surface area contributed by atoms with Crippen LogP contribution in [-0.2, 0) is 16.1 Å². The molecule has 26 heavy (non-hydrogen) atoms. The summed E-state index contributed by atoms with van der Waals surface area (Å²) in [5, 5.41) is 1.96. The molecule has 0 aliphatic carbocycles. The van der Waals surface area contributed by atoms with Gasteiger partial charge >= 0.3 is 0 Å². The molecule has 5 nitrogen and oxygen atoms in total. The third-order valence-electron chi connectivity index (χ3n) is 3.48. The maximum atomic E-state index is 12.3. The molecular formula is C18H22Cl2N2O3S. The average molecular weight is 417 g/mol. The van der Waals surface area contributed by atoms with Gasteiger partial charge in [0.05, 0.1) is 18.5 Å². The zero-order valence-corrected chi connectivity index (χ0v) is 17.2. The molecule has 0 aliphatic heterocycles. The zero-order valence-electron chi connectivity index (χ0n) is 14.9. The minimum Gasteiger partial charge on any atom is -0.496 e. The normalized spacial score (nSPS) is 9.88. The van der Waals surface area contributed by atoms with Crippen molar-refractivity contribution in [3.8, 4) is 5.75 Å². The average Bonchev–Trinajstić information content (AvgIpc) is 3.07. The fourth-order valence-electron chi connectivity index (χ4n) is 2.37. The molecule has 2 rings (SSSR count). The SMILES string of the molecule is COc1ccsc1CN(C(=O)CCl)c1c(C)cccc1C.NC(=O)CCl.